The van der Waals surface area contributed by atoms with Gasteiger partial charge in [-0.05, 0) is 71.9 Å². The fourth-order valence-electron chi connectivity index (χ4n) is 3.91. The molecule has 6 nitrogen and oxygen atoms in total. The van der Waals surface area contributed by atoms with Crippen LogP contribution in [0.2, 0.25) is 0 Å². The lowest BCUT2D eigenvalue weighted by Gasteiger charge is -2.12. The van der Waals surface area contributed by atoms with E-state index in [4.69, 9.17) is 29.9 Å². The molecule has 0 fully saturated rings. The second-order valence-electron chi connectivity index (χ2n) is 9.66. The van der Waals surface area contributed by atoms with Crippen molar-refractivity contribution in [3.8, 4) is 34.6 Å². The molecule has 36 heavy (non-hydrogen) atoms. The van der Waals surface area contributed by atoms with Crippen molar-refractivity contribution < 1.29 is 0 Å². The highest BCUT2D eigenvalue weighted by atomic mass is 15.1. The van der Waals surface area contributed by atoms with E-state index in [9.17, 15) is 0 Å². The lowest BCUT2D eigenvalue weighted by Crippen LogP contribution is -2.04. The van der Waals surface area contributed by atoms with Crippen molar-refractivity contribution in [1.82, 2.24) is 29.9 Å². The molecule has 0 amide bonds. The van der Waals surface area contributed by atoms with E-state index in [0.29, 0.717) is 52.3 Å². The van der Waals surface area contributed by atoms with Crippen LogP contribution in [0.5, 0.6) is 0 Å². The van der Waals surface area contributed by atoms with Crippen LogP contribution in [0.25, 0.3) is 34.6 Å². The van der Waals surface area contributed by atoms with Crippen LogP contribution in [0.1, 0.15) is 95.2 Å². The van der Waals surface area contributed by atoms with E-state index in [2.05, 4.69) is 59.7 Å². The van der Waals surface area contributed by atoms with Crippen molar-refractivity contribution in [1.29, 1.82) is 0 Å². The molecule has 0 bridgehead atoms. The maximum absolute atomic E-state index is 4.77. The third kappa shape index (κ3) is 5.64. The third-order valence-corrected chi connectivity index (χ3v) is 7.23. The molecule has 3 unspecified atom stereocenters. The monoisotopic (exact) mass is 480 g/mol. The molecule has 0 N–H and O–H groups in total. The van der Waals surface area contributed by atoms with Crippen LogP contribution in [-0.4, -0.2) is 29.9 Å². The quantitative estimate of drug-likeness (QED) is 0.245. The molecule has 0 saturated heterocycles. The normalized spacial score (nSPS) is 13.8. The number of rotatable bonds is 9. The maximum atomic E-state index is 4.77. The summed E-state index contributed by atoms with van der Waals surface area (Å²) in [6.07, 6.45) is 8.97. The molecule has 0 aliphatic heterocycles. The van der Waals surface area contributed by atoms with E-state index >= 15 is 0 Å². The predicted octanol–water partition coefficient (Wildman–Crippen LogP) is 7.60. The summed E-state index contributed by atoms with van der Waals surface area (Å²) < 4.78 is 0. The Morgan fingerprint density at radius 1 is 0.472 bits per heavy atom. The molecule has 4 aromatic rings. The van der Waals surface area contributed by atoms with Crippen LogP contribution in [0.4, 0.5) is 0 Å². The van der Waals surface area contributed by atoms with Gasteiger partial charge in [0.1, 0.15) is 17.1 Å². The molecule has 4 heterocycles. The van der Waals surface area contributed by atoms with Crippen LogP contribution in [0.3, 0.4) is 0 Å². The van der Waals surface area contributed by atoms with Crippen molar-refractivity contribution >= 4 is 0 Å². The lowest BCUT2D eigenvalue weighted by molar-refractivity contribution is 0.729. The highest BCUT2D eigenvalue weighted by Gasteiger charge is 2.16. The Hall–Kier alpha value is -3.54. The molecule has 186 valence electrons. The molecule has 6 heteroatoms. The van der Waals surface area contributed by atoms with Crippen LogP contribution >= 0.6 is 0 Å². The highest BCUT2D eigenvalue weighted by Crippen LogP contribution is 2.26. The van der Waals surface area contributed by atoms with E-state index in [-0.39, 0.29) is 0 Å². The smallest absolute Gasteiger partial charge is 0.182 e. The Bertz CT molecular complexity index is 1090. The molecule has 4 aromatic heterocycles. The summed E-state index contributed by atoms with van der Waals surface area (Å²) in [5, 5.41) is 0. The molecule has 4 rings (SSSR count). The van der Waals surface area contributed by atoms with Crippen molar-refractivity contribution in [3.63, 3.8) is 0 Å². The van der Waals surface area contributed by atoms with Gasteiger partial charge in [0, 0.05) is 18.6 Å². The molecule has 0 spiro atoms. The summed E-state index contributed by atoms with van der Waals surface area (Å²) in [6.45, 7) is 13.2. The zero-order valence-corrected chi connectivity index (χ0v) is 22.2. The summed E-state index contributed by atoms with van der Waals surface area (Å²) in [6, 6.07) is 12.3. The van der Waals surface area contributed by atoms with Gasteiger partial charge >= 0.3 is 0 Å². The van der Waals surface area contributed by atoms with Crippen LogP contribution < -0.4 is 0 Å². The fraction of sp³-hybridized carbons (Fsp3) is 0.400. The van der Waals surface area contributed by atoms with Crippen LogP contribution in [-0.2, 0) is 0 Å². The van der Waals surface area contributed by atoms with Gasteiger partial charge in [-0.25, -0.2) is 15.0 Å². The first-order valence-electron chi connectivity index (χ1n) is 13.1. The van der Waals surface area contributed by atoms with Gasteiger partial charge in [0.25, 0.3) is 0 Å². The molecule has 0 aliphatic rings. The molecule has 0 saturated carbocycles. The molecule has 0 radical (unpaired) electrons. The van der Waals surface area contributed by atoms with Gasteiger partial charge in [-0.1, -0.05) is 59.7 Å². The van der Waals surface area contributed by atoms with Gasteiger partial charge in [-0.3, -0.25) is 15.0 Å². The average Bonchev–Trinajstić information content (AvgIpc) is 2.95. The first kappa shape index (κ1) is 25.5. The number of hydrogen-bond acceptors (Lipinski definition) is 6. The minimum absolute atomic E-state index is 0.456. The zero-order chi connectivity index (χ0) is 25.7. The van der Waals surface area contributed by atoms with Gasteiger partial charge in [0.15, 0.2) is 17.5 Å². The standard InChI is InChI=1S/C30H36N6/c1-7-19(4)22-10-13-25(31-16-22)28-34-29(26-14-11-23(17-32-26)20(5)8-2)36-30(35-28)27-15-12-24(18-33-27)21(6)9-3/h10-21H,7-9H2,1-6H3. The third-order valence-electron chi connectivity index (χ3n) is 7.23. The molecular weight excluding hydrogens is 444 g/mol. The fourth-order valence-corrected chi connectivity index (χ4v) is 3.91. The average molecular weight is 481 g/mol. The van der Waals surface area contributed by atoms with Gasteiger partial charge < -0.3 is 0 Å². The maximum Gasteiger partial charge on any atom is 0.182 e. The molecule has 3 atom stereocenters. The zero-order valence-electron chi connectivity index (χ0n) is 22.2. The van der Waals surface area contributed by atoms with E-state index in [1.807, 2.05) is 36.8 Å². The molecule has 0 aliphatic carbocycles. The molecule has 0 aromatic carbocycles. The number of pyridine rings is 3. The molecular formula is C30H36N6. The number of hydrogen-bond donors (Lipinski definition) is 0. The summed E-state index contributed by atoms with van der Waals surface area (Å²) in [4.78, 5) is 28.4. The Labute approximate surface area is 214 Å². The second kappa shape index (κ2) is 11.5. The van der Waals surface area contributed by atoms with Crippen molar-refractivity contribution in [2.45, 2.75) is 78.6 Å². The largest absolute Gasteiger partial charge is 0.253 e. The summed E-state index contributed by atoms with van der Waals surface area (Å²) in [5.41, 5.74) is 5.75. The van der Waals surface area contributed by atoms with E-state index in [0.717, 1.165) is 19.3 Å². The van der Waals surface area contributed by atoms with Crippen molar-refractivity contribution in [2.75, 3.05) is 0 Å². The predicted molar refractivity (Wildman–Crippen MR) is 146 cm³/mol. The summed E-state index contributed by atoms with van der Waals surface area (Å²) >= 11 is 0. The van der Waals surface area contributed by atoms with Gasteiger partial charge in [-0.15, -0.1) is 0 Å². The highest BCUT2D eigenvalue weighted by molar-refractivity contribution is 5.61. The van der Waals surface area contributed by atoms with E-state index in [1.54, 1.807) is 0 Å². The minimum Gasteiger partial charge on any atom is -0.253 e. The van der Waals surface area contributed by atoms with Crippen molar-refractivity contribution in [3.05, 3.63) is 71.7 Å². The topological polar surface area (TPSA) is 77.3 Å². The van der Waals surface area contributed by atoms with E-state index in [1.165, 1.54) is 16.7 Å². The number of aromatic nitrogens is 6. The van der Waals surface area contributed by atoms with Gasteiger partial charge in [-0.2, -0.15) is 0 Å². The Morgan fingerprint density at radius 3 is 0.944 bits per heavy atom. The Morgan fingerprint density at radius 2 is 0.750 bits per heavy atom. The van der Waals surface area contributed by atoms with Crippen LogP contribution in [0.15, 0.2) is 55.0 Å². The van der Waals surface area contributed by atoms with E-state index < -0.39 is 0 Å². The van der Waals surface area contributed by atoms with Gasteiger partial charge in [0.2, 0.25) is 0 Å². The van der Waals surface area contributed by atoms with Gasteiger partial charge in [0.05, 0.1) is 0 Å². The minimum atomic E-state index is 0.456. The Balaban J connectivity index is 1.78. The SMILES string of the molecule is CCC(C)c1ccc(-c2nc(-c3ccc(C(C)CC)cn3)nc(-c3ccc(C(C)CC)cn3)n2)nc1. The first-order chi connectivity index (χ1) is 17.4. The second-order valence-corrected chi connectivity index (χ2v) is 9.66. The first-order valence-corrected chi connectivity index (χ1v) is 13.1. The Kier molecular flexibility index (Phi) is 8.14. The summed E-state index contributed by atoms with van der Waals surface area (Å²) in [7, 11) is 0. The lowest BCUT2D eigenvalue weighted by atomic mass is 10.0. The van der Waals surface area contributed by atoms with Crippen molar-refractivity contribution in [2.24, 2.45) is 0 Å². The van der Waals surface area contributed by atoms with Crippen LogP contribution in [0, 0.1) is 0 Å². The number of nitrogens with zero attached hydrogens (tertiary/aromatic N) is 6. The summed E-state index contributed by atoms with van der Waals surface area (Å²) in [5.74, 6) is 2.93.